The van der Waals surface area contributed by atoms with E-state index in [-0.39, 0.29) is 22.7 Å². The third kappa shape index (κ3) is 2.01. The van der Waals surface area contributed by atoms with Crippen molar-refractivity contribution in [1.29, 1.82) is 0 Å². The van der Waals surface area contributed by atoms with Gasteiger partial charge in [-0.1, -0.05) is 18.2 Å². The second-order valence-corrected chi connectivity index (χ2v) is 5.32. The highest BCUT2D eigenvalue weighted by Gasteiger charge is 2.34. The van der Waals surface area contributed by atoms with Gasteiger partial charge >= 0.3 is 0 Å². The predicted octanol–water partition coefficient (Wildman–Crippen LogP) is 1.60. The first kappa shape index (κ1) is 11.9. The molecule has 1 aromatic heterocycles. The first-order valence-electron chi connectivity index (χ1n) is 6.39. The van der Waals surface area contributed by atoms with Crippen LogP contribution in [-0.4, -0.2) is 21.6 Å². The fourth-order valence-electron chi connectivity index (χ4n) is 2.45. The van der Waals surface area contributed by atoms with E-state index in [4.69, 9.17) is 0 Å². The van der Waals surface area contributed by atoms with Crippen LogP contribution in [0.15, 0.2) is 29.1 Å². The molecular formula is C14H15N3O2. The molecule has 0 saturated heterocycles. The molecule has 2 aromatic rings. The Morgan fingerprint density at radius 2 is 2.00 bits per heavy atom. The number of amides is 1. The van der Waals surface area contributed by atoms with E-state index < -0.39 is 0 Å². The largest absolute Gasteiger partial charge is 0.345 e. The normalized spacial score (nSPS) is 16.9. The van der Waals surface area contributed by atoms with E-state index in [2.05, 4.69) is 15.5 Å². The summed E-state index contributed by atoms with van der Waals surface area (Å²) in [5.74, 6) is -0.227. The average Bonchev–Trinajstić information content (AvgIpc) is 2.37. The SMILES string of the molecule is CC1(NC(=O)c2n[nH]c(=O)c3ccccc23)CCC1. The van der Waals surface area contributed by atoms with E-state index in [1.54, 1.807) is 24.3 Å². The highest BCUT2D eigenvalue weighted by atomic mass is 16.2. The molecule has 5 nitrogen and oxygen atoms in total. The number of aromatic nitrogens is 2. The Morgan fingerprint density at radius 3 is 2.63 bits per heavy atom. The summed E-state index contributed by atoms with van der Waals surface area (Å²) in [6, 6.07) is 7.01. The summed E-state index contributed by atoms with van der Waals surface area (Å²) in [6.07, 6.45) is 3.11. The Hall–Kier alpha value is -2.17. The van der Waals surface area contributed by atoms with Crippen molar-refractivity contribution in [2.75, 3.05) is 0 Å². The molecule has 0 radical (unpaired) electrons. The molecule has 98 valence electrons. The maximum atomic E-state index is 12.3. The first-order valence-corrected chi connectivity index (χ1v) is 6.39. The van der Waals surface area contributed by atoms with Crippen molar-refractivity contribution in [1.82, 2.24) is 15.5 Å². The van der Waals surface area contributed by atoms with Gasteiger partial charge in [0.2, 0.25) is 0 Å². The number of aromatic amines is 1. The summed E-state index contributed by atoms with van der Waals surface area (Å²) in [5, 5.41) is 10.4. The quantitative estimate of drug-likeness (QED) is 0.858. The van der Waals surface area contributed by atoms with Crippen LogP contribution in [0.5, 0.6) is 0 Å². The van der Waals surface area contributed by atoms with Crippen LogP contribution in [0.3, 0.4) is 0 Å². The van der Waals surface area contributed by atoms with Crippen LogP contribution >= 0.6 is 0 Å². The zero-order valence-electron chi connectivity index (χ0n) is 10.7. The van der Waals surface area contributed by atoms with Crippen molar-refractivity contribution in [3.63, 3.8) is 0 Å². The third-order valence-corrected chi connectivity index (χ3v) is 3.78. The highest BCUT2D eigenvalue weighted by molar-refractivity contribution is 6.05. The number of hydrogen-bond acceptors (Lipinski definition) is 3. The van der Waals surface area contributed by atoms with Gasteiger partial charge in [0.25, 0.3) is 11.5 Å². The molecule has 1 heterocycles. The molecule has 5 heteroatoms. The minimum Gasteiger partial charge on any atom is -0.345 e. The lowest BCUT2D eigenvalue weighted by Gasteiger charge is -2.39. The van der Waals surface area contributed by atoms with Gasteiger partial charge in [0, 0.05) is 10.9 Å². The first-order chi connectivity index (χ1) is 9.09. The molecule has 2 N–H and O–H groups in total. The number of carbonyl (C=O) groups is 1. The summed E-state index contributed by atoms with van der Waals surface area (Å²) >= 11 is 0. The molecule has 3 rings (SSSR count). The Morgan fingerprint density at radius 1 is 1.32 bits per heavy atom. The van der Waals surface area contributed by atoms with Crippen LogP contribution < -0.4 is 10.9 Å². The van der Waals surface area contributed by atoms with Gasteiger partial charge in [0.1, 0.15) is 0 Å². The van der Waals surface area contributed by atoms with Crippen molar-refractivity contribution in [3.05, 3.63) is 40.3 Å². The van der Waals surface area contributed by atoms with Gasteiger partial charge in [-0.05, 0) is 32.3 Å². The lowest BCUT2D eigenvalue weighted by Crippen LogP contribution is -2.51. The lowest BCUT2D eigenvalue weighted by molar-refractivity contribution is 0.0846. The van der Waals surface area contributed by atoms with Crippen molar-refractivity contribution in [2.24, 2.45) is 0 Å². The minimum atomic E-state index is -0.276. The number of hydrogen-bond donors (Lipinski definition) is 2. The van der Waals surface area contributed by atoms with Gasteiger partial charge in [0.15, 0.2) is 5.69 Å². The Labute approximate surface area is 110 Å². The van der Waals surface area contributed by atoms with Crippen molar-refractivity contribution in [2.45, 2.75) is 31.7 Å². The average molecular weight is 257 g/mol. The van der Waals surface area contributed by atoms with Crippen LogP contribution in [0.4, 0.5) is 0 Å². The third-order valence-electron chi connectivity index (χ3n) is 3.78. The zero-order chi connectivity index (χ0) is 13.5. The van der Waals surface area contributed by atoms with Gasteiger partial charge in [-0.3, -0.25) is 9.59 Å². The molecule has 1 saturated carbocycles. The summed E-state index contributed by atoms with van der Waals surface area (Å²) in [4.78, 5) is 23.9. The monoisotopic (exact) mass is 257 g/mol. The molecule has 0 bridgehead atoms. The molecule has 1 fully saturated rings. The number of H-pyrrole nitrogens is 1. The van der Waals surface area contributed by atoms with Crippen molar-refractivity contribution >= 4 is 16.7 Å². The fourth-order valence-corrected chi connectivity index (χ4v) is 2.45. The smallest absolute Gasteiger partial charge is 0.272 e. The Bertz CT molecular complexity index is 701. The molecule has 1 amide bonds. The molecule has 0 unspecified atom stereocenters. The van der Waals surface area contributed by atoms with Gasteiger partial charge < -0.3 is 5.32 Å². The molecule has 1 aromatic carbocycles. The molecule has 1 aliphatic carbocycles. The van der Waals surface area contributed by atoms with Gasteiger partial charge in [-0.25, -0.2) is 5.10 Å². The molecule has 1 aliphatic rings. The highest BCUT2D eigenvalue weighted by Crippen LogP contribution is 2.31. The maximum Gasteiger partial charge on any atom is 0.272 e. The van der Waals surface area contributed by atoms with E-state index in [1.807, 2.05) is 6.92 Å². The summed E-state index contributed by atoms with van der Waals surface area (Å²) in [6.45, 7) is 2.03. The topological polar surface area (TPSA) is 74.8 Å². The Kier molecular flexibility index (Phi) is 2.62. The second-order valence-electron chi connectivity index (χ2n) is 5.32. The van der Waals surface area contributed by atoms with E-state index in [0.29, 0.717) is 10.8 Å². The lowest BCUT2D eigenvalue weighted by atomic mass is 9.78. The van der Waals surface area contributed by atoms with Gasteiger partial charge in [-0.15, -0.1) is 0 Å². The minimum absolute atomic E-state index is 0.129. The van der Waals surface area contributed by atoms with Crippen LogP contribution in [0, 0.1) is 0 Å². The van der Waals surface area contributed by atoms with Crippen molar-refractivity contribution in [3.8, 4) is 0 Å². The molecule has 19 heavy (non-hydrogen) atoms. The molecule has 0 spiro atoms. The number of nitrogens with zero attached hydrogens (tertiary/aromatic N) is 1. The van der Waals surface area contributed by atoms with Gasteiger partial charge in [-0.2, -0.15) is 5.10 Å². The van der Waals surface area contributed by atoms with E-state index in [9.17, 15) is 9.59 Å². The standard InChI is InChI=1S/C14H15N3O2/c1-14(7-4-8-14)15-13(19)11-9-5-2-3-6-10(9)12(18)17-16-11/h2-3,5-6H,4,7-8H2,1H3,(H,15,19)(H,17,18). The molecule has 0 aliphatic heterocycles. The number of fused-ring (bicyclic) bond motifs is 1. The van der Waals surface area contributed by atoms with Crippen LogP contribution in [-0.2, 0) is 0 Å². The zero-order valence-corrected chi connectivity index (χ0v) is 10.7. The predicted molar refractivity (Wildman–Crippen MR) is 72.1 cm³/mol. The van der Waals surface area contributed by atoms with Crippen LogP contribution in [0.1, 0.15) is 36.7 Å². The van der Waals surface area contributed by atoms with Crippen molar-refractivity contribution < 1.29 is 4.79 Å². The van der Waals surface area contributed by atoms with Crippen LogP contribution in [0.2, 0.25) is 0 Å². The summed E-state index contributed by atoms with van der Waals surface area (Å²) in [5.41, 5.74) is -0.124. The second kappa shape index (κ2) is 4.19. The van der Waals surface area contributed by atoms with E-state index in [0.717, 1.165) is 19.3 Å². The molecule has 0 atom stereocenters. The summed E-state index contributed by atoms with van der Waals surface area (Å²) in [7, 11) is 0. The maximum absolute atomic E-state index is 12.3. The van der Waals surface area contributed by atoms with E-state index in [1.165, 1.54) is 0 Å². The number of carbonyl (C=O) groups excluding carboxylic acids is 1. The van der Waals surface area contributed by atoms with Crippen LogP contribution in [0.25, 0.3) is 10.8 Å². The molecular weight excluding hydrogens is 242 g/mol. The number of nitrogens with one attached hydrogen (secondary N) is 2. The fraction of sp³-hybridized carbons (Fsp3) is 0.357. The number of rotatable bonds is 2. The summed E-state index contributed by atoms with van der Waals surface area (Å²) < 4.78 is 0. The van der Waals surface area contributed by atoms with Gasteiger partial charge in [0.05, 0.1) is 5.39 Å². The Balaban J connectivity index is 2.03. The number of benzene rings is 1. The van der Waals surface area contributed by atoms with E-state index >= 15 is 0 Å².